The summed E-state index contributed by atoms with van der Waals surface area (Å²) in [5.41, 5.74) is 2.06. The molecule has 0 radical (unpaired) electrons. The number of nitriles is 1. The molecule has 152 valence electrons. The molecule has 2 amide bonds. The van der Waals surface area contributed by atoms with Crippen molar-refractivity contribution in [1.82, 2.24) is 10.2 Å². The predicted molar refractivity (Wildman–Crippen MR) is 105 cm³/mol. The normalized spacial score (nSPS) is 15.4. The molecule has 2 N–H and O–H groups in total. The second-order valence-electron chi connectivity index (χ2n) is 7.59. The van der Waals surface area contributed by atoms with Crippen LogP contribution in [0.5, 0.6) is 5.75 Å². The lowest BCUT2D eigenvalue weighted by molar-refractivity contribution is -0.109. The summed E-state index contributed by atoms with van der Waals surface area (Å²) in [6.45, 7) is 7.07. The van der Waals surface area contributed by atoms with Crippen LogP contribution >= 0.6 is 0 Å². The zero-order valence-corrected chi connectivity index (χ0v) is 16.9. The van der Waals surface area contributed by atoms with Crippen molar-refractivity contribution in [2.24, 2.45) is 0 Å². The average molecular weight is 388 g/mol. The Morgan fingerprint density at radius 1 is 1.39 bits per heavy atom. The topological polar surface area (TPSA) is 104 Å². The van der Waals surface area contributed by atoms with E-state index < -0.39 is 11.7 Å². The third kappa shape index (κ3) is 5.28. The second kappa shape index (κ2) is 9.31. The molecule has 8 nitrogen and oxygen atoms in total. The van der Waals surface area contributed by atoms with Crippen LogP contribution in [0.15, 0.2) is 12.1 Å². The zero-order valence-electron chi connectivity index (χ0n) is 16.9. The fraction of sp³-hybridized carbons (Fsp3) is 0.550. The Morgan fingerprint density at radius 3 is 2.75 bits per heavy atom. The highest BCUT2D eigenvalue weighted by Gasteiger charge is 2.36. The van der Waals surface area contributed by atoms with Crippen LogP contribution in [0.1, 0.15) is 50.8 Å². The third-order valence-electron chi connectivity index (χ3n) is 4.35. The minimum absolute atomic E-state index is 0.180. The summed E-state index contributed by atoms with van der Waals surface area (Å²) in [7, 11) is 1.58. The number of benzene rings is 1. The molecule has 0 saturated carbocycles. The average Bonchev–Trinajstić information content (AvgIpc) is 2.97. The van der Waals surface area contributed by atoms with Gasteiger partial charge in [-0.15, -0.1) is 0 Å². The Morgan fingerprint density at radius 2 is 2.14 bits per heavy atom. The number of nitrogens with one attached hydrogen (secondary N) is 2. The quantitative estimate of drug-likeness (QED) is 0.524. The Bertz CT molecular complexity index is 752. The standard InChI is InChI=1S/C20H28N4O4/c1-20(2,3)28-19(26)24-12-14-10-16(23-9-5-8-22-13-25)18(27-4)11-15(14)17(24)6-7-21/h10-11,13,17,23H,5-6,8-9,12H2,1-4H3,(H,22,25). The molecule has 1 aromatic carbocycles. The Balaban J connectivity index is 2.22. The van der Waals surface area contributed by atoms with Crippen molar-refractivity contribution < 1.29 is 19.1 Å². The summed E-state index contributed by atoms with van der Waals surface area (Å²) in [5, 5.41) is 15.2. The van der Waals surface area contributed by atoms with Crippen LogP contribution in [0.4, 0.5) is 10.5 Å². The van der Waals surface area contributed by atoms with Gasteiger partial charge < -0.3 is 20.1 Å². The number of hydrogen-bond acceptors (Lipinski definition) is 6. The van der Waals surface area contributed by atoms with Gasteiger partial charge in [-0.05, 0) is 50.5 Å². The van der Waals surface area contributed by atoms with Crippen molar-refractivity contribution in [1.29, 1.82) is 5.26 Å². The molecule has 0 bridgehead atoms. The molecule has 1 aliphatic heterocycles. The molecular formula is C20H28N4O4. The summed E-state index contributed by atoms with van der Waals surface area (Å²) in [5.74, 6) is 0.649. The highest BCUT2D eigenvalue weighted by atomic mass is 16.6. The number of rotatable bonds is 8. The summed E-state index contributed by atoms with van der Waals surface area (Å²) >= 11 is 0. The number of carbonyl (C=O) groups is 2. The van der Waals surface area contributed by atoms with Gasteiger partial charge in [-0.1, -0.05) is 0 Å². The van der Waals surface area contributed by atoms with E-state index in [0.29, 0.717) is 31.8 Å². The summed E-state index contributed by atoms with van der Waals surface area (Å²) < 4.78 is 11.0. The van der Waals surface area contributed by atoms with Gasteiger partial charge in [-0.25, -0.2) is 4.79 Å². The number of fused-ring (bicyclic) bond motifs is 1. The lowest BCUT2D eigenvalue weighted by Crippen LogP contribution is -2.35. The number of nitrogens with zero attached hydrogens (tertiary/aromatic N) is 2. The van der Waals surface area contributed by atoms with Gasteiger partial charge in [0, 0.05) is 13.1 Å². The van der Waals surface area contributed by atoms with Gasteiger partial charge >= 0.3 is 6.09 Å². The number of amides is 2. The number of carbonyl (C=O) groups excluding carboxylic acids is 2. The van der Waals surface area contributed by atoms with Crippen molar-refractivity contribution in [3.63, 3.8) is 0 Å². The molecule has 1 atom stereocenters. The van der Waals surface area contributed by atoms with E-state index in [1.54, 1.807) is 12.0 Å². The Hall–Kier alpha value is -2.95. The first kappa shape index (κ1) is 21.4. The molecule has 0 fully saturated rings. The van der Waals surface area contributed by atoms with Crippen molar-refractivity contribution in [3.05, 3.63) is 23.3 Å². The van der Waals surface area contributed by atoms with Crippen molar-refractivity contribution in [2.75, 3.05) is 25.5 Å². The van der Waals surface area contributed by atoms with Crippen molar-refractivity contribution in [2.45, 2.75) is 51.8 Å². The van der Waals surface area contributed by atoms with Gasteiger partial charge in [-0.3, -0.25) is 9.69 Å². The molecular weight excluding hydrogens is 360 g/mol. The van der Waals surface area contributed by atoms with Crippen LogP contribution < -0.4 is 15.4 Å². The van der Waals surface area contributed by atoms with E-state index in [0.717, 1.165) is 23.2 Å². The smallest absolute Gasteiger partial charge is 0.411 e. The first-order valence-corrected chi connectivity index (χ1v) is 9.29. The van der Waals surface area contributed by atoms with Crippen LogP contribution in [-0.4, -0.2) is 43.2 Å². The molecule has 0 aromatic heterocycles. The molecule has 1 heterocycles. The van der Waals surface area contributed by atoms with Crippen molar-refractivity contribution >= 4 is 18.2 Å². The monoisotopic (exact) mass is 388 g/mol. The van der Waals surface area contributed by atoms with Crippen LogP contribution in [0.25, 0.3) is 0 Å². The van der Waals surface area contributed by atoms with Crippen LogP contribution in [0, 0.1) is 11.3 Å². The Kier molecular flexibility index (Phi) is 7.10. The van der Waals surface area contributed by atoms with Crippen LogP contribution in [-0.2, 0) is 16.1 Å². The van der Waals surface area contributed by atoms with Gasteiger partial charge in [0.25, 0.3) is 0 Å². The maximum absolute atomic E-state index is 12.6. The first-order chi connectivity index (χ1) is 13.3. The summed E-state index contributed by atoms with van der Waals surface area (Å²) in [4.78, 5) is 24.5. The number of hydrogen-bond donors (Lipinski definition) is 2. The molecule has 1 aromatic rings. The van der Waals surface area contributed by atoms with Gasteiger partial charge in [0.2, 0.25) is 6.41 Å². The van der Waals surface area contributed by atoms with Gasteiger partial charge in [0.05, 0.1) is 37.9 Å². The second-order valence-corrected chi connectivity index (χ2v) is 7.59. The number of anilines is 1. The minimum atomic E-state index is -0.608. The van der Waals surface area contributed by atoms with Gasteiger partial charge in [0.15, 0.2) is 0 Å². The molecule has 0 aliphatic carbocycles. The highest BCUT2D eigenvalue weighted by molar-refractivity contribution is 5.72. The largest absolute Gasteiger partial charge is 0.495 e. The van der Waals surface area contributed by atoms with E-state index in [2.05, 4.69) is 16.7 Å². The van der Waals surface area contributed by atoms with Gasteiger partial charge in [-0.2, -0.15) is 5.26 Å². The molecule has 0 saturated heterocycles. The first-order valence-electron chi connectivity index (χ1n) is 9.29. The maximum Gasteiger partial charge on any atom is 0.411 e. The molecule has 2 rings (SSSR count). The number of ether oxygens (including phenoxy) is 2. The van der Waals surface area contributed by atoms with E-state index in [4.69, 9.17) is 9.47 Å². The lowest BCUT2D eigenvalue weighted by Gasteiger charge is -2.27. The minimum Gasteiger partial charge on any atom is -0.495 e. The third-order valence-corrected chi connectivity index (χ3v) is 4.35. The van der Waals surface area contributed by atoms with Crippen molar-refractivity contribution in [3.8, 4) is 11.8 Å². The molecule has 0 spiro atoms. The zero-order chi connectivity index (χ0) is 20.7. The van der Waals surface area contributed by atoms with Crippen LogP contribution in [0.2, 0.25) is 0 Å². The summed E-state index contributed by atoms with van der Waals surface area (Å²) in [6.07, 6.45) is 1.19. The van der Waals surface area contributed by atoms with E-state index in [9.17, 15) is 14.9 Å². The fourth-order valence-corrected chi connectivity index (χ4v) is 3.15. The Labute approximate surface area is 165 Å². The SMILES string of the molecule is COc1cc2c(cc1NCCCNC=O)CN(C(=O)OC(C)(C)C)C2CC#N. The molecule has 8 heteroatoms. The van der Waals surface area contributed by atoms with E-state index in [1.807, 2.05) is 32.9 Å². The maximum atomic E-state index is 12.6. The molecule has 1 aliphatic rings. The molecule has 1 unspecified atom stereocenters. The lowest BCUT2D eigenvalue weighted by atomic mass is 10.0. The summed E-state index contributed by atoms with van der Waals surface area (Å²) in [6, 6.07) is 5.63. The van der Waals surface area contributed by atoms with Crippen LogP contribution in [0.3, 0.4) is 0 Å². The van der Waals surface area contributed by atoms with E-state index in [-0.39, 0.29) is 12.5 Å². The number of methoxy groups -OCH3 is 1. The van der Waals surface area contributed by atoms with E-state index in [1.165, 1.54) is 0 Å². The highest BCUT2D eigenvalue weighted by Crippen LogP contribution is 2.41. The fourth-order valence-electron chi connectivity index (χ4n) is 3.15. The molecule has 28 heavy (non-hydrogen) atoms. The van der Waals surface area contributed by atoms with E-state index >= 15 is 0 Å². The predicted octanol–water partition coefficient (Wildman–Crippen LogP) is 2.95. The van der Waals surface area contributed by atoms with Gasteiger partial charge in [0.1, 0.15) is 11.4 Å².